The van der Waals surface area contributed by atoms with E-state index in [1.807, 2.05) is 13.1 Å². The van der Waals surface area contributed by atoms with Gasteiger partial charge in [-0.1, -0.05) is 37.5 Å². The predicted octanol–water partition coefficient (Wildman–Crippen LogP) is 7.62. The number of pyridine rings is 1. The fourth-order valence-corrected chi connectivity index (χ4v) is 4.86. The Bertz CT molecular complexity index is 1180. The Morgan fingerprint density at radius 1 is 0.893 bits per heavy atom. The van der Waals surface area contributed by atoms with Crippen LogP contribution in [-0.2, 0) is 0 Å². The van der Waals surface area contributed by atoms with E-state index in [1.54, 1.807) is 0 Å². The van der Waals surface area contributed by atoms with Crippen LogP contribution in [0.5, 0.6) is 0 Å². The Kier molecular flexibility index (Phi) is 4.23. The largest absolute Gasteiger partial charge is 0.460 e. The van der Waals surface area contributed by atoms with Gasteiger partial charge in [-0.15, -0.1) is 0 Å². The SMILES string of the molecule is Cc1cc(-c2nccc3cc(C4CCCCC4)ccc23)c2oc(C)c(C)c2c1. The molecule has 2 heteroatoms. The summed E-state index contributed by atoms with van der Waals surface area (Å²) in [6.45, 7) is 6.33. The van der Waals surface area contributed by atoms with E-state index in [2.05, 4.69) is 50.2 Å². The minimum absolute atomic E-state index is 0.718. The van der Waals surface area contributed by atoms with Crippen molar-refractivity contribution in [1.29, 1.82) is 0 Å². The van der Waals surface area contributed by atoms with E-state index < -0.39 is 0 Å². The molecule has 1 aliphatic carbocycles. The van der Waals surface area contributed by atoms with Gasteiger partial charge >= 0.3 is 0 Å². The van der Waals surface area contributed by atoms with Crippen molar-refractivity contribution >= 4 is 21.7 Å². The van der Waals surface area contributed by atoms with Gasteiger partial charge in [0.25, 0.3) is 0 Å². The summed E-state index contributed by atoms with van der Waals surface area (Å²) in [6.07, 6.45) is 8.72. The van der Waals surface area contributed by atoms with E-state index in [-0.39, 0.29) is 0 Å². The van der Waals surface area contributed by atoms with Crippen LogP contribution in [0.4, 0.5) is 0 Å². The molecule has 2 heterocycles. The molecule has 0 atom stereocenters. The number of aromatic nitrogens is 1. The fraction of sp³-hybridized carbons (Fsp3) is 0.346. The molecule has 0 bridgehead atoms. The van der Waals surface area contributed by atoms with Gasteiger partial charge in [0.15, 0.2) is 0 Å². The highest BCUT2D eigenvalue weighted by Gasteiger charge is 2.18. The number of hydrogen-bond donors (Lipinski definition) is 0. The summed E-state index contributed by atoms with van der Waals surface area (Å²) >= 11 is 0. The number of rotatable bonds is 2. The molecule has 0 amide bonds. The first kappa shape index (κ1) is 17.5. The highest BCUT2D eigenvalue weighted by Crippen LogP contribution is 2.39. The zero-order valence-corrected chi connectivity index (χ0v) is 17.0. The number of furan rings is 1. The summed E-state index contributed by atoms with van der Waals surface area (Å²) in [6, 6.07) is 13.6. The zero-order valence-electron chi connectivity index (χ0n) is 17.0. The maximum atomic E-state index is 6.17. The van der Waals surface area contributed by atoms with Crippen molar-refractivity contribution < 1.29 is 4.42 Å². The number of hydrogen-bond acceptors (Lipinski definition) is 2. The average Bonchev–Trinajstić information content (AvgIpc) is 3.01. The van der Waals surface area contributed by atoms with Gasteiger partial charge in [-0.05, 0) is 79.8 Å². The molecule has 1 fully saturated rings. The highest BCUT2D eigenvalue weighted by atomic mass is 16.3. The lowest BCUT2D eigenvalue weighted by Crippen LogP contribution is -2.04. The Balaban J connectivity index is 1.69. The monoisotopic (exact) mass is 369 g/mol. The van der Waals surface area contributed by atoms with Crippen molar-refractivity contribution in [2.24, 2.45) is 0 Å². The Labute approximate surface area is 166 Å². The van der Waals surface area contributed by atoms with Crippen molar-refractivity contribution in [3.8, 4) is 11.3 Å². The summed E-state index contributed by atoms with van der Waals surface area (Å²) < 4.78 is 6.17. The van der Waals surface area contributed by atoms with Crippen molar-refractivity contribution in [1.82, 2.24) is 4.98 Å². The molecule has 1 saturated carbocycles. The van der Waals surface area contributed by atoms with E-state index in [0.29, 0.717) is 0 Å². The number of aryl methyl sites for hydroxylation is 3. The summed E-state index contributed by atoms with van der Waals surface area (Å²) in [5.41, 5.74) is 7.03. The molecular formula is C26H27NO. The van der Waals surface area contributed by atoms with Crippen molar-refractivity contribution in [2.45, 2.75) is 58.8 Å². The minimum Gasteiger partial charge on any atom is -0.460 e. The molecule has 28 heavy (non-hydrogen) atoms. The van der Waals surface area contributed by atoms with E-state index in [4.69, 9.17) is 9.40 Å². The zero-order chi connectivity index (χ0) is 19.3. The lowest BCUT2D eigenvalue weighted by Gasteiger charge is -2.22. The van der Waals surface area contributed by atoms with Gasteiger partial charge in [0.05, 0.1) is 5.69 Å². The molecule has 2 nitrogen and oxygen atoms in total. The van der Waals surface area contributed by atoms with Crippen LogP contribution in [0.2, 0.25) is 0 Å². The van der Waals surface area contributed by atoms with Crippen LogP contribution in [0.25, 0.3) is 33.0 Å². The Morgan fingerprint density at radius 2 is 1.71 bits per heavy atom. The van der Waals surface area contributed by atoms with Gasteiger partial charge in [0, 0.05) is 22.5 Å². The van der Waals surface area contributed by atoms with Gasteiger partial charge in [-0.2, -0.15) is 0 Å². The second-order valence-electron chi connectivity index (χ2n) is 8.45. The molecule has 5 rings (SSSR count). The van der Waals surface area contributed by atoms with Gasteiger partial charge in [-0.3, -0.25) is 4.98 Å². The standard InChI is InChI=1S/C26H27NO/c1-16-13-23-17(2)18(3)28-26(23)24(14-16)25-22-10-9-20(15-21(22)11-12-27-25)19-7-5-4-6-8-19/h9-15,19H,4-8H2,1-3H3. The number of benzene rings is 2. The van der Waals surface area contributed by atoms with Crippen LogP contribution in [0.1, 0.15) is 60.5 Å². The molecule has 0 radical (unpaired) electrons. The first-order valence-corrected chi connectivity index (χ1v) is 10.5. The van der Waals surface area contributed by atoms with Crippen LogP contribution in [0.15, 0.2) is 47.0 Å². The van der Waals surface area contributed by atoms with E-state index in [1.165, 1.54) is 65.0 Å². The molecule has 0 aliphatic heterocycles. The summed E-state index contributed by atoms with van der Waals surface area (Å²) in [7, 11) is 0. The molecule has 0 saturated heterocycles. The highest BCUT2D eigenvalue weighted by molar-refractivity contribution is 6.03. The van der Waals surface area contributed by atoms with Crippen LogP contribution in [-0.4, -0.2) is 4.98 Å². The molecule has 2 aromatic carbocycles. The fourth-order valence-electron chi connectivity index (χ4n) is 4.86. The lowest BCUT2D eigenvalue weighted by atomic mass is 9.83. The Morgan fingerprint density at radius 3 is 2.54 bits per heavy atom. The topological polar surface area (TPSA) is 26.0 Å². The summed E-state index contributed by atoms with van der Waals surface area (Å²) in [5.74, 6) is 1.71. The van der Waals surface area contributed by atoms with Crippen LogP contribution in [0.3, 0.4) is 0 Å². The molecule has 1 aliphatic rings. The van der Waals surface area contributed by atoms with Crippen LogP contribution < -0.4 is 0 Å². The van der Waals surface area contributed by atoms with Gasteiger partial charge in [0.1, 0.15) is 11.3 Å². The van der Waals surface area contributed by atoms with E-state index in [0.717, 1.165) is 28.5 Å². The molecule has 142 valence electrons. The van der Waals surface area contributed by atoms with Crippen molar-refractivity contribution in [2.75, 3.05) is 0 Å². The average molecular weight is 370 g/mol. The maximum Gasteiger partial charge on any atom is 0.143 e. The normalized spacial score (nSPS) is 15.5. The molecule has 0 spiro atoms. The number of fused-ring (bicyclic) bond motifs is 2. The summed E-state index contributed by atoms with van der Waals surface area (Å²) in [4.78, 5) is 4.79. The third kappa shape index (κ3) is 2.83. The van der Waals surface area contributed by atoms with Crippen LogP contribution >= 0.6 is 0 Å². The van der Waals surface area contributed by atoms with E-state index in [9.17, 15) is 0 Å². The van der Waals surface area contributed by atoms with Gasteiger partial charge < -0.3 is 4.42 Å². The number of nitrogens with zero attached hydrogens (tertiary/aromatic N) is 1. The Hall–Kier alpha value is -2.61. The third-order valence-electron chi connectivity index (χ3n) is 6.54. The summed E-state index contributed by atoms with van der Waals surface area (Å²) in [5, 5.41) is 3.69. The molecule has 0 unspecified atom stereocenters. The minimum atomic E-state index is 0.718. The molecular weight excluding hydrogens is 342 g/mol. The second-order valence-corrected chi connectivity index (χ2v) is 8.45. The maximum absolute atomic E-state index is 6.17. The lowest BCUT2D eigenvalue weighted by molar-refractivity contribution is 0.444. The molecule has 2 aromatic heterocycles. The third-order valence-corrected chi connectivity index (χ3v) is 6.54. The molecule has 0 N–H and O–H groups in total. The quantitative estimate of drug-likeness (QED) is 0.363. The second kappa shape index (κ2) is 6.77. The smallest absolute Gasteiger partial charge is 0.143 e. The van der Waals surface area contributed by atoms with Crippen molar-refractivity contribution in [3.63, 3.8) is 0 Å². The van der Waals surface area contributed by atoms with Gasteiger partial charge in [0.2, 0.25) is 0 Å². The van der Waals surface area contributed by atoms with Gasteiger partial charge in [-0.25, -0.2) is 0 Å². The van der Waals surface area contributed by atoms with E-state index >= 15 is 0 Å². The van der Waals surface area contributed by atoms with Crippen molar-refractivity contribution in [3.05, 3.63) is 65.0 Å². The first-order chi connectivity index (χ1) is 13.6. The first-order valence-electron chi connectivity index (χ1n) is 10.5. The molecule has 4 aromatic rings. The van der Waals surface area contributed by atoms with Crippen LogP contribution in [0, 0.1) is 20.8 Å². The predicted molar refractivity (Wildman–Crippen MR) is 117 cm³/mol.